The van der Waals surface area contributed by atoms with Crippen LogP contribution in [0.2, 0.25) is 0 Å². The highest BCUT2D eigenvalue weighted by molar-refractivity contribution is 5.86. The molecule has 0 saturated heterocycles. The Balaban J connectivity index is 3.68. The van der Waals surface area contributed by atoms with Gasteiger partial charge in [0.2, 0.25) is 11.8 Å². The summed E-state index contributed by atoms with van der Waals surface area (Å²) in [5.41, 5.74) is 5.38. The smallest absolute Gasteiger partial charge is 0.244 e. The molecule has 0 aliphatic rings. The molecule has 3 N–H and O–H groups in total. The van der Waals surface area contributed by atoms with E-state index < -0.39 is 6.04 Å². The van der Waals surface area contributed by atoms with Crippen molar-refractivity contribution in [3.8, 4) is 0 Å². The van der Waals surface area contributed by atoms with Crippen molar-refractivity contribution >= 4 is 11.8 Å². The number of amides is 2. The van der Waals surface area contributed by atoms with E-state index in [4.69, 9.17) is 5.73 Å². The van der Waals surface area contributed by atoms with E-state index in [0.717, 1.165) is 25.7 Å². The third-order valence-corrected chi connectivity index (χ3v) is 2.55. The molecule has 0 radical (unpaired) electrons. The topological polar surface area (TPSA) is 75.4 Å². The third-order valence-electron chi connectivity index (χ3n) is 2.55. The number of hydrogen-bond donors (Lipinski definition) is 2. The Morgan fingerprint density at radius 1 is 1.18 bits per heavy atom. The van der Waals surface area contributed by atoms with Gasteiger partial charge in [-0.25, -0.2) is 0 Å². The maximum absolute atomic E-state index is 11.5. The van der Waals surface area contributed by atoms with Crippen LogP contribution in [0.15, 0.2) is 0 Å². The van der Waals surface area contributed by atoms with E-state index in [-0.39, 0.29) is 11.8 Å². The number of nitrogens with zero attached hydrogens (tertiary/aromatic N) is 1. The van der Waals surface area contributed by atoms with E-state index in [2.05, 4.69) is 5.32 Å². The molecule has 5 heteroatoms. The van der Waals surface area contributed by atoms with Crippen molar-refractivity contribution in [2.45, 2.75) is 45.1 Å². The summed E-state index contributed by atoms with van der Waals surface area (Å²) in [6.45, 7) is 2.41. The highest BCUT2D eigenvalue weighted by atomic mass is 16.2. The molecule has 0 bridgehead atoms. The predicted octanol–water partition coefficient (Wildman–Crippen LogP) is 0.489. The summed E-state index contributed by atoms with van der Waals surface area (Å²) in [5.74, 6) is -0.137. The second-order valence-electron chi connectivity index (χ2n) is 4.47. The van der Waals surface area contributed by atoms with E-state index in [9.17, 15) is 9.59 Å². The zero-order valence-electron chi connectivity index (χ0n) is 11.2. The van der Waals surface area contributed by atoms with E-state index >= 15 is 0 Å². The fourth-order valence-corrected chi connectivity index (χ4v) is 1.55. The van der Waals surface area contributed by atoms with E-state index in [0.29, 0.717) is 13.0 Å². The zero-order chi connectivity index (χ0) is 13.3. The number of carbonyl (C=O) groups is 2. The molecule has 0 fully saturated rings. The molecular formula is C12H25N3O2. The Morgan fingerprint density at radius 2 is 1.76 bits per heavy atom. The third kappa shape index (κ3) is 7.74. The summed E-state index contributed by atoms with van der Waals surface area (Å²) in [6, 6.07) is -0.443. The van der Waals surface area contributed by atoms with Gasteiger partial charge in [0.25, 0.3) is 0 Å². The minimum absolute atomic E-state index is 0.0551. The Labute approximate surface area is 104 Å². The van der Waals surface area contributed by atoms with Crippen LogP contribution in [0.3, 0.4) is 0 Å². The van der Waals surface area contributed by atoms with Gasteiger partial charge < -0.3 is 16.0 Å². The van der Waals surface area contributed by atoms with Gasteiger partial charge in [0.1, 0.15) is 6.04 Å². The molecule has 100 valence electrons. The largest absolute Gasteiger partial charge is 0.347 e. The van der Waals surface area contributed by atoms with Crippen molar-refractivity contribution in [1.82, 2.24) is 10.2 Å². The lowest BCUT2D eigenvalue weighted by molar-refractivity contribution is -0.133. The van der Waals surface area contributed by atoms with Crippen LogP contribution in [0.5, 0.6) is 0 Å². The molecule has 5 nitrogen and oxygen atoms in total. The Hall–Kier alpha value is -1.10. The van der Waals surface area contributed by atoms with Crippen LogP contribution in [-0.2, 0) is 9.59 Å². The number of rotatable bonds is 8. The minimum atomic E-state index is -0.443. The molecule has 0 heterocycles. The number of hydrogen-bond acceptors (Lipinski definition) is 3. The van der Waals surface area contributed by atoms with Crippen molar-refractivity contribution < 1.29 is 9.59 Å². The molecule has 0 spiro atoms. The molecule has 0 aliphatic heterocycles. The molecule has 1 unspecified atom stereocenters. The predicted molar refractivity (Wildman–Crippen MR) is 68.4 cm³/mol. The van der Waals surface area contributed by atoms with Gasteiger partial charge in [-0.2, -0.15) is 0 Å². The highest BCUT2D eigenvalue weighted by Crippen LogP contribution is 2.02. The molecule has 0 rings (SSSR count). The van der Waals surface area contributed by atoms with Crippen LogP contribution < -0.4 is 11.1 Å². The second-order valence-corrected chi connectivity index (χ2v) is 4.47. The monoisotopic (exact) mass is 243 g/mol. The summed E-state index contributed by atoms with van der Waals surface area (Å²) in [4.78, 5) is 24.5. The Bertz CT molecular complexity index is 242. The molecule has 1 atom stereocenters. The maximum atomic E-state index is 11.5. The first-order chi connectivity index (χ1) is 7.99. The van der Waals surface area contributed by atoms with Crippen LogP contribution in [0.4, 0.5) is 0 Å². The lowest BCUT2D eigenvalue weighted by Crippen LogP contribution is -2.44. The summed E-state index contributed by atoms with van der Waals surface area (Å²) in [7, 11) is 3.36. The summed E-state index contributed by atoms with van der Waals surface area (Å²) < 4.78 is 0. The number of unbranched alkanes of at least 4 members (excludes halogenated alkanes) is 3. The van der Waals surface area contributed by atoms with Crippen molar-refractivity contribution in [2.24, 2.45) is 5.73 Å². The fraction of sp³-hybridized carbons (Fsp3) is 0.833. The van der Waals surface area contributed by atoms with Gasteiger partial charge in [-0.3, -0.25) is 9.59 Å². The van der Waals surface area contributed by atoms with Gasteiger partial charge in [-0.1, -0.05) is 12.8 Å². The first-order valence-electron chi connectivity index (χ1n) is 6.19. The highest BCUT2D eigenvalue weighted by Gasteiger charge is 2.16. The SMILES string of the molecule is CC(NC(=O)CCCCCCN)C(=O)N(C)C. The molecule has 0 aromatic carbocycles. The average Bonchev–Trinajstić information content (AvgIpc) is 2.27. The van der Waals surface area contributed by atoms with Crippen molar-refractivity contribution in [1.29, 1.82) is 0 Å². The van der Waals surface area contributed by atoms with Gasteiger partial charge >= 0.3 is 0 Å². The van der Waals surface area contributed by atoms with E-state index in [1.165, 1.54) is 4.90 Å². The van der Waals surface area contributed by atoms with E-state index in [1.54, 1.807) is 21.0 Å². The lowest BCUT2D eigenvalue weighted by atomic mass is 10.1. The standard InChI is InChI=1S/C12H25N3O2/c1-10(12(17)15(2)3)14-11(16)8-6-4-5-7-9-13/h10H,4-9,13H2,1-3H3,(H,14,16). The molecule has 0 aliphatic carbocycles. The van der Waals surface area contributed by atoms with Crippen LogP contribution in [-0.4, -0.2) is 43.4 Å². The molecule has 0 saturated carbocycles. The second kappa shape index (κ2) is 8.98. The zero-order valence-corrected chi connectivity index (χ0v) is 11.2. The van der Waals surface area contributed by atoms with Gasteiger partial charge in [0.05, 0.1) is 0 Å². The van der Waals surface area contributed by atoms with Crippen molar-refractivity contribution in [3.05, 3.63) is 0 Å². The summed E-state index contributed by atoms with van der Waals surface area (Å²) in [6.07, 6.45) is 4.43. The molecular weight excluding hydrogens is 218 g/mol. The molecule has 0 aromatic heterocycles. The van der Waals surface area contributed by atoms with Crippen LogP contribution in [0.1, 0.15) is 39.0 Å². The fourth-order valence-electron chi connectivity index (χ4n) is 1.55. The van der Waals surface area contributed by atoms with Gasteiger partial charge in [-0.15, -0.1) is 0 Å². The van der Waals surface area contributed by atoms with Crippen LogP contribution in [0, 0.1) is 0 Å². The lowest BCUT2D eigenvalue weighted by Gasteiger charge is -2.17. The van der Waals surface area contributed by atoms with Crippen LogP contribution in [0.25, 0.3) is 0 Å². The minimum Gasteiger partial charge on any atom is -0.347 e. The first kappa shape index (κ1) is 15.9. The number of likely N-dealkylation sites (N-methyl/N-ethyl adjacent to an activating group) is 1. The van der Waals surface area contributed by atoms with Gasteiger partial charge in [0, 0.05) is 20.5 Å². The van der Waals surface area contributed by atoms with E-state index in [1.807, 2.05) is 0 Å². The molecule has 2 amide bonds. The Kier molecular flexibility index (Phi) is 8.40. The molecule has 0 aromatic rings. The molecule has 17 heavy (non-hydrogen) atoms. The quantitative estimate of drug-likeness (QED) is 0.609. The van der Waals surface area contributed by atoms with Crippen LogP contribution >= 0.6 is 0 Å². The normalized spacial score (nSPS) is 12.0. The van der Waals surface area contributed by atoms with Crippen molar-refractivity contribution in [2.75, 3.05) is 20.6 Å². The maximum Gasteiger partial charge on any atom is 0.244 e. The summed E-state index contributed by atoms with van der Waals surface area (Å²) in [5, 5.41) is 2.70. The number of nitrogens with two attached hydrogens (primary N) is 1. The first-order valence-corrected chi connectivity index (χ1v) is 6.19. The van der Waals surface area contributed by atoms with Gasteiger partial charge in [0.15, 0.2) is 0 Å². The van der Waals surface area contributed by atoms with Crippen molar-refractivity contribution in [3.63, 3.8) is 0 Å². The number of carbonyl (C=O) groups excluding carboxylic acids is 2. The average molecular weight is 243 g/mol. The Morgan fingerprint density at radius 3 is 2.29 bits per heavy atom. The number of nitrogens with one attached hydrogen (secondary N) is 1. The summed E-state index contributed by atoms with van der Waals surface area (Å²) >= 11 is 0. The van der Waals surface area contributed by atoms with Gasteiger partial charge in [-0.05, 0) is 26.3 Å².